The van der Waals surface area contributed by atoms with Crippen LogP contribution in [0.3, 0.4) is 0 Å². The van der Waals surface area contributed by atoms with Crippen molar-refractivity contribution in [3.05, 3.63) is 68.7 Å². The lowest BCUT2D eigenvalue weighted by Crippen LogP contribution is -2.34. The molecule has 0 unspecified atom stereocenters. The topological polar surface area (TPSA) is 92.5 Å². The zero-order valence-electron chi connectivity index (χ0n) is 12.7. The van der Waals surface area contributed by atoms with E-state index in [0.717, 1.165) is 18.4 Å². The van der Waals surface area contributed by atoms with Crippen LogP contribution in [0.5, 0.6) is 5.75 Å². The Balaban J connectivity index is 1.73. The summed E-state index contributed by atoms with van der Waals surface area (Å²) in [5.74, 6) is -0.243. The van der Waals surface area contributed by atoms with Crippen molar-refractivity contribution in [3.8, 4) is 5.75 Å². The minimum atomic E-state index is -0.569. The van der Waals surface area contributed by atoms with Gasteiger partial charge in [-0.05, 0) is 36.6 Å². The number of hydrogen-bond acceptors (Lipinski definition) is 4. The quantitative estimate of drug-likeness (QED) is 0.641. The summed E-state index contributed by atoms with van der Waals surface area (Å²) < 4.78 is 0. The summed E-state index contributed by atoms with van der Waals surface area (Å²) in [6.07, 6.45) is 1.47. The number of nitro groups is 1. The normalized spacial score (nSPS) is 14.9. The molecule has 0 aliphatic heterocycles. The fourth-order valence-corrected chi connectivity index (χ4v) is 2.84. The fraction of sp³-hybridized carbons (Fsp3) is 0.235. The van der Waals surface area contributed by atoms with E-state index >= 15 is 0 Å². The SMILES string of the molecule is O=C(NCc1cc([N+](=O)[O-])ccc1O)C1(c2ccc(Cl)cc2)CC1. The molecule has 1 aliphatic carbocycles. The molecule has 2 N–H and O–H groups in total. The van der Waals surface area contributed by atoms with E-state index in [1.807, 2.05) is 12.1 Å². The molecule has 7 heteroatoms. The van der Waals surface area contributed by atoms with Gasteiger partial charge in [0.15, 0.2) is 0 Å². The van der Waals surface area contributed by atoms with Crippen LogP contribution in [0.25, 0.3) is 0 Å². The molecular formula is C17H15ClN2O4. The van der Waals surface area contributed by atoms with Gasteiger partial charge >= 0.3 is 0 Å². The van der Waals surface area contributed by atoms with Gasteiger partial charge in [-0.3, -0.25) is 14.9 Å². The van der Waals surface area contributed by atoms with Crippen molar-refractivity contribution >= 4 is 23.2 Å². The third-order valence-corrected chi connectivity index (χ3v) is 4.55. The van der Waals surface area contributed by atoms with Gasteiger partial charge in [0.2, 0.25) is 5.91 Å². The molecule has 0 spiro atoms. The van der Waals surface area contributed by atoms with Gasteiger partial charge in [0, 0.05) is 29.3 Å². The number of nitrogens with one attached hydrogen (secondary N) is 1. The number of hydrogen-bond donors (Lipinski definition) is 2. The number of nitro benzene ring substituents is 1. The second kappa shape index (κ2) is 6.13. The Morgan fingerprint density at radius 1 is 1.25 bits per heavy atom. The molecule has 0 radical (unpaired) electrons. The Morgan fingerprint density at radius 2 is 1.92 bits per heavy atom. The molecule has 0 aromatic heterocycles. The second-order valence-electron chi connectivity index (χ2n) is 5.84. The summed E-state index contributed by atoms with van der Waals surface area (Å²) in [7, 11) is 0. The first-order chi connectivity index (χ1) is 11.4. The van der Waals surface area contributed by atoms with Crippen molar-refractivity contribution in [1.29, 1.82) is 0 Å². The highest BCUT2D eigenvalue weighted by molar-refractivity contribution is 6.30. The molecule has 1 saturated carbocycles. The highest BCUT2D eigenvalue weighted by atomic mass is 35.5. The van der Waals surface area contributed by atoms with Gasteiger partial charge in [0.1, 0.15) is 5.75 Å². The third kappa shape index (κ3) is 3.05. The number of carbonyl (C=O) groups excluding carboxylic acids is 1. The number of non-ortho nitro benzene ring substituents is 1. The van der Waals surface area contributed by atoms with Crippen LogP contribution in [0, 0.1) is 10.1 Å². The first-order valence-electron chi connectivity index (χ1n) is 7.43. The first kappa shape index (κ1) is 16.3. The highest BCUT2D eigenvalue weighted by Crippen LogP contribution is 2.48. The van der Waals surface area contributed by atoms with E-state index in [2.05, 4.69) is 5.32 Å². The van der Waals surface area contributed by atoms with E-state index in [0.29, 0.717) is 10.6 Å². The number of nitrogens with zero attached hydrogens (tertiary/aromatic N) is 1. The van der Waals surface area contributed by atoms with Gasteiger partial charge < -0.3 is 10.4 Å². The lowest BCUT2D eigenvalue weighted by atomic mass is 9.95. The minimum Gasteiger partial charge on any atom is -0.508 e. The molecular weight excluding hydrogens is 332 g/mol. The number of amides is 1. The summed E-state index contributed by atoms with van der Waals surface area (Å²) in [4.78, 5) is 22.8. The average Bonchev–Trinajstić information content (AvgIpc) is 3.36. The summed E-state index contributed by atoms with van der Waals surface area (Å²) >= 11 is 5.88. The maximum atomic E-state index is 12.6. The van der Waals surface area contributed by atoms with Crippen LogP contribution < -0.4 is 5.32 Å². The minimum absolute atomic E-state index is 0.0295. The summed E-state index contributed by atoms with van der Waals surface area (Å²) in [5, 5.41) is 24.0. The number of benzene rings is 2. The molecule has 124 valence electrons. The highest BCUT2D eigenvalue weighted by Gasteiger charge is 2.51. The predicted molar refractivity (Wildman–Crippen MR) is 89.0 cm³/mol. The molecule has 0 saturated heterocycles. The van der Waals surface area contributed by atoms with Crippen LogP contribution in [0.2, 0.25) is 5.02 Å². The molecule has 24 heavy (non-hydrogen) atoms. The van der Waals surface area contributed by atoms with E-state index in [1.54, 1.807) is 12.1 Å². The fourth-order valence-electron chi connectivity index (χ4n) is 2.71. The van der Waals surface area contributed by atoms with Gasteiger partial charge in [-0.1, -0.05) is 23.7 Å². The Bertz CT molecular complexity index is 801. The van der Waals surface area contributed by atoms with Crippen LogP contribution in [0.1, 0.15) is 24.0 Å². The number of rotatable bonds is 5. The molecule has 0 atom stereocenters. The molecule has 2 aromatic rings. The molecule has 1 aliphatic rings. The zero-order valence-corrected chi connectivity index (χ0v) is 13.4. The van der Waals surface area contributed by atoms with Crippen LogP contribution >= 0.6 is 11.6 Å². The monoisotopic (exact) mass is 346 g/mol. The zero-order chi connectivity index (χ0) is 17.3. The average molecular weight is 347 g/mol. The van der Waals surface area contributed by atoms with Gasteiger partial charge in [-0.2, -0.15) is 0 Å². The van der Waals surface area contributed by atoms with Crippen molar-refractivity contribution in [2.24, 2.45) is 0 Å². The standard InChI is InChI=1S/C17H15ClN2O4/c18-13-3-1-12(2-4-13)17(7-8-17)16(22)19-10-11-9-14(20(23)24)5-6-15(11)21/h1-6,9,21H,7-8,10H2,(H,19,22). The predicted octanol–water partition coefficient (Wildman–Crippen LogP) is 3.30. The first-order valence-corrected chi connectivity index (χ1v) is 7.81. The molecule has 0 bridgehead atoms. The summed E-state index contributed by atoms with van der Waals surface area (Å²) in [6.45, 7) is 0.0295. The molecule has 3 rings (SSSR count). The van der Waals surface area contributed by atoms with E-state index < -0.39 is 10.3 Å². The van der Waals surface area contributed by atoms with Crippen LogP contribution in [0.15, 0.2) is 42.5 Å². The number of phenols is 1. The Morgan fingerprint density at radius 3 is 2.50 bits per heavy atom. The largest absolute Gasteiger partial charge is 0.508 e. The van der Waals surface area contributed by atoms with E-state index in [4.69, 9.17) is 11.6 Å². The Labute approximate surface area is 143 Å². The number of phenolic OH excluding ortho intramolecular Hbond substituents is 1. The molecule has 6 nitrogen and oxygen atoms in total. The second-order valence-corrected chi connectivity index (χ2v) is 6.28. The smallest absolute Gasteiger partial charge is 0.270 e. The molecule has 1 fully saturated rings. The van der Waals surface area contributed by atoms with Gasteiger partial charge in [-0.25, -0.2) is 0 Å². The lowest BCUT2D eigenvalue weighted by Gasteiger charge is -2.16. The molecule has 0 heterocycles. The summed E-state index contributed by atoms with van der Waals surface area (Å²) in [6, 6.07) is 10.9. The van der Waals surface area contributed by atoms with Crippen LogP contribution in [0.4, 0.5) is 5.69 Å². The third-order valence-electron chi connectivity index (χ3n) is 4.29. The van der Waals surface area contributed by atoms with Crippen molar-refractivity contribution in [1.82, 2.24) is 5.32 Å². The van der Waals surface area contributed by atoms with Crippen LogP contribution in [-0.2, 0) is 16.8 Å². The van der Waals surface area contributed by atoms with E-state index in [9.17, 15) is 20.0 Å². The molecule has 1 amide bonds. The summed E-state index contributed by atoms with van der Waals surface area (Å²) in [5.41, 5.74) is 0.508. The van der Waals surface area contributed by atoms with Crippen molar-refractivity contribution in [2.45, 2.75) is 24.8 Å². The van der Waals surface area contributed by atoms with E-state index in [1.165, 1.54) is 18.2 Å². The Hall–Kier alpha value is -2.60. The van der Waals surface area contributed by atoms with Crippen LogP contribution in [-0.4, -0.2) is 15.9 Å². The molecule has 2 aromatic carbocycles. The van der Waals surface area contributed by atoms with E-state index in [-0.39, 0.29) is 23.9 Å². The van der Waals surface area contributed by atoms with Gasteiger partial charge in [0.25, 0.3) is 5.69 Å². The van der Waals surface area contributed by atoms with Crippen molar-refractivity contribution in [2.75, 3.05) is 0 Å². The van der Waals surface area contributed by atoms with Crippen molar-refractivity contribution < 1.29 is 14.8 Å². The maximum Gasteiger partial charge on any atom is 0.270 e. The van der Waals surface area contributed by atoms with Gasteiger partial charge in [0.05, 0.1) is 10.3 Å². The maximum absolute atomic E-state index is 12.6. The Kier molecular flexibility index (Phi) is 4.15. The van der Waals surface area contributed by atoms with Crippen molar-refractivity contribution in [3.63, 3.8) is 0 Å². The van der Waals surface area contributed by atoms with Gasteiger partial charge in [-0.15, -0.1) is 0 Å². The number of carbonyl (C=O) groups is 1. The lowest BCUT2D eigenvalue weighted by molar-refractivity contribution is -0.384. The number of halogens is 1. The number of aromatic hydroxyl groups is 1.